The molecule has 147 heavy (non-hydrogen) atoms. The lowest BCUT2D eigenvalue weighted by molar-refractivity contribution is 0.412. The van der Waals surface area contributed by atoms with Crippen LogP contribution in [-0.2, 0) is 49.2 Å². The minimum Gasteiger partial charge on any atom is -0.496 e. The van der Waals surface area contributed by atoms with Crippen molar-refractivity contribution in [1.82, 2.24) is 99.1 Å². The van der Waals surface area contributed by atoms with Crippen molar-refractivity contribution in [2.45, 2.75) is 168 Å². The number of hydrogen-bond acceptors (Lipinski definition) is 32. The quantitative estimate of drug-likeness (QED) is 0.0461. The molecule has 10 aromatic heterocycles. The zero-order valence-electron chi connectivity index (χ0n) is 83.9. The summed E-state index contributed by atoms with van der Waals surface area (Å²) < 4.78 is 151. The second kappa shape index (κ2) is 43.7. The summed E-state index contributed by atoms with van der Waals surface area (Å²) in [7, 11) is -16.1. The molecule has 0 saturated heterocycles. The third-order valence-electron chi connectivity index (χ3n) is 25.2. The van der Waals surface area contributed by atoms with Crippen LogP contribution in [0.4, 0.5) is 29.1 Å². The first-order valence-corrected chi connectivity index (χ1v) is 55.3. The lowest BCUT2D eigenvalue weighted by Crippen LogP contribution is -2.24. The number of hydrogen-bond donors (Lipinski definition) is 0. The molecular formula is C104H114ClN25O12S5. The molecule has 37 nitrogen and oxygen atoms in total. The predicted molar refractivity (Wildman–Crippen MR) is 572 cm³/mol. The third kappa shape index (κ3) is 20.1. The summed E-state index contributed by atoms with van der Waals surface area (Å²) in [6.07, 6.45) is 0. The summed E-state index contributed by atoms with van der Waals surface area (Å²) in [6.45, 7) is 39.7. The lowest BCUT2D eigenvalue weighted by Gasteiger charge is -2.22. The summed E-state index contributed by atoms with van der Waals surface area (Å²) in [5.74, 6) is 4.94. The fraction of sp³-hybridized carbons (Fsp3) is 0.279. The number of aromatic nitrogens is 20. The van der Waals surface area contributed by atoms with E-state index in [-0.39, 0.29) is 85.3 Å². The van der Waals surface area contributed by atoms with Gasteiger partial charge in [0.05, 0.1) is 66.3 Å². The Bertz CT molecular complexity index is 8250. The van der Waals surface area contributed by atoms with Gasteiger partial charge in [-0.2, -0.15) is 22.6 Å². The van der Waals surface area contributed by atoms with Crippen molar-refractivity contribution in [2.75, 3.05) is 104 Å². The van der Waals surface area contributed by atoms with Gasteiger partial charge in [-0.3, -0.25) is 0 Å². The van der Waals surface area contributed by atoms with Crippen LogP contribution in [0.5, 0.6) is 11.5 Å². The molecule has 0 aliphatic carbocycles. The molecule has 0 aliphatic heterocycles. The number of rotatable bonds is 27. The first kappa shape index (κ1) is 106. The van der Waals surface area contributed by atoms with Gasteiger partial charge in [-0.05, 0) is 243 Å². The van der Waals surface area contributed by atoms with Crippen molar-refractivity contribution in [3.05, 3.63) is 257 Å². The van der Waals surface area contributed by atoms with Gasteiger partial charge >= 0.3 is 0 Å². The Morgan fingerprint density at radius 3 is 0.687 bits per heavy atom. The molecule has 0 radical (unpaired) electrons. The second-order valence-corrected chi connectivity index (χ2v) is 43.9. The van der Waals surface area contributed by atoms with Gasteiger partial charge < -0.3 is 34.0 Å². The first-order valence-electron chi connectivity index (χ1n) is 47.5. The number of ether oxygens (including phenoxy) is 2. The summed E-state index contributed by atoms with van der Waals surface area (Å²) >= 11 is 5.92. The Hall–Kier alpha value is -15.1. The van der Waals surface area contributed by atoms with Crippen LogP contribution in [0.25, 0.3) is 82.8 Å². The molecule has 0 bridgehead atoms. The van der Waals surface area contributed by atoms with Crippen molar-refractivity contribution in [3.63, 3.8) is 0 Å². The van der Waals surface area contributed by atoms with Gasteiger partial charge in [-0.1, -0.05) is 152 Å². The Balaban J connectivity index is 0.000000138. The molecule has 0 spiro atoms. The van der Waals surface area contributed by atoms with Crippen LogP contribution >= 0.6 is 11.6 Å². The third-order valence-corrected chi connectivity index (χ3v) is 33.8. The van der Waals surface area contributed by atoms with Crippen LogP contribution in [0.1, 0.15) is 110 Å². The summed E-state index contributed by atoms with van der Waals surface area (Å²) in [5.41, 5.74) is 10.9. The van der Waals surface area contributed by atoms with Crippen molar-refractivity contribution in [3.8, 4) is 11.5 Å². The Morgan fingerprint density at radius 2 is 0.463 bits per heavy atom. The van der Waals surface area contributed by atoms with E-state index >= 15 is 0 Å². The summed E-state index contributed by atoms with van der Waals surface area (Å²) in [4.78, 5) is 34.9. The van der Waals surface area contributed by atoms with E-state index in [1.807, 2.05) is 190 Å². The van der Waals surface area contributed by atoms with Gasteiger partial charge in [-0.15, -0.1) is 25.5 Å². The highest BCUT2D eigenvalue weighted by Crippen LogP contribution is 2.40. The van der Waals surface area contributed by atoms with Crippen molar-refractivity contribution < 1.29 is 51.6 Å². The highest BCUT2D eigenvalue weighted by Gasteiger charge is 2.35. The maximum absolute atomic E-state index is 13.4. The molecule has 0 aliphatic rings. The Kier molecular flexibility index (Phi) is 31.5. The van der Waals surface area contributed by atoms with E-state index in [0.29, 0.717) is 52.3 Å². The monoisotopic (exact) mass is 2100 g/mol. The zero-order valence-corrected chi connectivity index (χ0v) is 88.7. The van der Waals surface area contributed by atoms with Gasteiger partial charge in [-0.25, -0.2) is 67.0 Å². The zero-order chi connectivity index (χ0) is 104. The molecular weight excluding hydrogens is 1990 g/mol. The molecule has 0 fully saturated rings. The summed E-state index contributed by atoms with van der Waals surface area (Å²) in [6, 6.07) is 62.9. The number of benzene rings is 10. The number of sulfone groups is 5. The summed E-state index contributed by atoms with van der Waals surface area (Å²) in [5, 5.41) is 44.9. The van der Waals surface area contributed by atoms with Crippen LogP contribution in [0.3, 0.4) is 0 Å². The number of aryl methyl sites for hydroxylation is 6. The van der Waals surface area contributed by atoms with Crippen molar-refractivity contribution in [1.29, 1.82) is 0 Å². The van der Waals surface area contributed by atoms with E-state index in [0.717, 1.165) is 147 Å². The molecule has 20 aromatic rings. The highest BCUT2D eigenvalue weighted by molar-refractivity contribution is 7.92. The van der Waals surface area contributed by atoms with E-state index in [1.165, 1.54) is 46.8 Å². The van der Waals surface area contributed by atoms with E-state index in [1.54, 1.807) is 129 Å². The number of anilines is 5. The van der Waals surface area contributed by atoms with Gasteiger partial charge in [0, 0.05) is 110 Å². The Morgan fingerprint density at radius 1 is 0.259 bits per heavy atom. The fourth-order valence-electron chi connectivity index (χ4n) is 17.3. The minimum absolute atomic E-state index is 0. The smallest absolute Gasteiger partial charge is 0.229 e. The lowest BCUT2D eigenvalue weighted by atomic mass is 10.1. The van der Waals surface area contributed by atoms with Gasteiger partial charge in [0.15, 0.2) is 28.2 Å². The molecule has 10 aromatic carbocycles. The van der Waals surface area contributed by atoms with Gasteiger partial charge in [0.25, 0.3) is 0 Å². The molecule has 43 heteroatoms. The molecule has 0 saturated carbocycles. The molecule has 0 atom stereocenters. The second-order valence-electron chi connectivity index (χ2n) is 34.2. The van der Waals surface area contributed by atoms with E-state index in [9.17, 15) is 42.1 Å². The van der Waals surface area contributed by atoms with Crippen LogP contribution in [-0.4, -0.2) is 221 Å². The highest BCUT2D eigenvalue weighted by atomic mass is 35.5. The SMILES string of the molecule is C.CCN(CC)c1nc2c(S(=O)(=O)c3ccc(C)cc3)nnn2c2cc(OC)c(C)cc12.CCN(CC)c1nc2c(S(=O)(=O)c3ccc(Cl)cc3)nnn2c2cc(OC)c(C)cc12.CCN(CC)c1nc2c(S(=O)(=O)c3ccccc3)nnn2c2ccc(C)cc12.CCN(CC)c1nc2c(S(=O)(=O)c3ccccc3)nnn2c2ccc(C)cc12.CCN(CC)c1nc2c(S(=O)(=O)c3ccccc3)nnn2c2ccc(C)cc12. The number of methoxy groups -OCH3 is 2. The molecule has 764 valence electrons. The fourth-order valence-corrected chi connectivity index (χ4v) is 23.7. The topological polar surface area (TPSA) is 421 Å². The van der Waals surface area contributed by atoms with Crippen LogP contribution in [0, 0.1) is 41.5 Å². The van der Waals surface area contributed by atoms with Crippen molar-refractivity contribution >= 4 is 173 Å². The van der Waals surface area contributed by atoms with E-state index in [2.05, 4.69) is 76.1 Å². The number of nitrogens with zero attached hydrogens (tertiary/aromatic N) is 25. The first-order chi connectivity index (χ1) is 70.0. The predicted octanol–water partition coefficient (Wildman–Crippen LogP) is 17.9. The maximum Gasteiger partial charge on any atom is 0.229 e. The maximum atomic E-state index is 13.4. The average molecular weight is 2100 g/mol. The van der Waals surface area contributed by atoms with Crippen LogP contribution in [0.2, 0.25) is 5.02 Å². The van der Waals surface area contributed by atoms with E-state index < -0.39 is 49.2 Å². The molecule has 10 heterocycles. The molecule has 0 N–H and O–H groups in total. The molecule has 20 rings (SSSR count). The van der Waals surface area contributed by atoms with Crippen molar-refractivity contribution in [2.24, 2.45) is 0 Å². The van der Waals surface area contributed by atoms with Gasteiger partial charge in [0.1, 0.15) is 40.6 Å². The van der Waals surface area contributed by atoms with Crippen LogP contribution < -0.4 is 34.0 Å². The Labute approximate surface area is 857 Å². The number of halogens is 1. The largest absolute Gasteiger partial charge is 0.496 e. The number of fused-ring (bicyclic) bond motifs is 15. The average Bonchev–Trinajstić information content (AvgIpc) is 1.80. The van der Waals surface area contributed by atoms with Crippen LogP contribution in [0.15, 0.2) is 268 Å². The van der Waals surface area contributed by atoms with Gasteiger partial charge in [0.2, 0.25) is 74.3 Å². The molecule has 0 unspecified atom stereocenters. The van der Waals surface area contributed by atoms with E-state index in [4.69, 9.17) is 46.0 Å². The normalized spacial score (nSPS) is 11.9. The minimum atomic E-state index is -3.95. The molecule has 0 amide bonds. The standard InChI is InChI=1S/C22H25N5O3S.C21H22ClN5O3S.3C20H21N5O2S.CH4/c1-6-26(7-2)20-17-12-15(4)19(30-5)13-18(17)27-21(23-20)22(24-25-27)31(28,29)16-10-8-14(3)9-11-16;1-5-26(6-2)19-16-11-13(3)18(30-4)12-17(16)27-20(23-19)21(24-25-27)31(28,29)15-9-7-14(22)8-10-15;3*1-4-24(5-2)18-16-13-14(3)11-12-17(16)25-19(21-18)20(22-23-25)28(26,27)15-9-7-6-8-10-15;/h8-13H,6-7H2,1-5H3;7-12H,5-6H2,1-4H3;3*6-13H,4-5H2,1-3H3;1H4.